The molecule has 1 aromatic carbocycles. The van der Waals surface area contributed by atoms with E-state index in [1.54, 1.807) is 11.3 Å². The smallest absolute Gasteiger partial charge is 0.251 e. The van der Waals surface area contributed by atoms with Gasteiger partial charge in [-0.3, -0.25) is 9.69 Å². The molecule has 1 fully saturated rings. The van der Waals surface area contributed by atoms with Gasteiger partial charge in [0.15, 0.2) is 0 Å². The number of amides is 1. The second-order valence-corrected chi connectivity index (χ2v) is 6.56. The molecule has 0 aliphatic carbocycles. The third-order valence-electron chi connectivity index (χ3n) is 3.87. The van der Waals surface area contributed by atoms with Crippen molar-refractivity contribution >= 4 is 17.2 Å². The molecule has 1 N–H and O–H groups in total. The van der Waals surface area contributed by atoms with Gasteiger partial charge in [0.05, 0.1) is 12.2 Å². The van der Waals surface area contributed by atoms with E-state index in [1.165, 1.54) is 32.4 Å². The topological polar surface area (TPSA) is 45.2 Å². The van der Waals surface area contributed by atoms with Crippen molar-refractivity contribution in [2.24, 2.45) is 0 Å². The van der Waals surface area contributed by atoms with Gasteiger partial charge in [0.2, 0.25) is 0 Å². The molecule has 1 aromatic heterocycles. The molecule has 116 valence electrons. The maximum atomic E-state index is 12.0. The van der Waals surface area contributed by atoms with Crippen LogP contribution < -0.4 is 5.32 Å². The molecule has 0 spiro atoms. The molecular weight excluding hydrogens is 294 g/mol. The second kappa shape index (κ2) is 7.51. The summed E-state index contributed by atoms with van der Waals surface area (Å²) < 4.78 is 0. The molecule has 3 rings (SSSR count). The molecule has 1 aliphatic rings. The second-order valence-electron chi connectivity index (χ2n) is 5.62. The fourth-order valence-corrected chi connectivity index (χ4v) is 3.42. The Bertz CT molecular complexity index is 605. The van der Waals surface area contributed by atoms with Crippen molar-refractivity contribution in [3.05, 3.63) is 52.0 Å². The van der Waals surface area contributed by atoms with Gasteiger partial charge in [-0.1, -0.05) is 24.6 Å². The van der Waals surface area contributed by atoms with Crippen molar-refractivity contribution < 1.29 is 4.79 Å². The van der Waals surface area contributed by atoms with E-state index in [0.717, 1.165) is 17.2 Å². The number of hydrogen-bond donors (Lipinski definition) is 1. The van der Waals surface area contributed by atoms with Crippen LogP contribution in [0.4, 0.5) is 0 Å². The van der Waals surface area contributed by atoms with Gasteiger partial charge in [0.25, 0.3) is 5.91 Å². The van der Waals surface area contributed by atoms with Crippen molar-refractivity contribution in [2.45, 2.75) is 32.4 Å². The number of carbonyl (C=O) groups is 1. The molecule has 4 nitrogen and oxygen atoms in total. The number of piperidine rings is 1. The lowest BCUT2D eigenvalue weighted by Crippen LogP contribution is -2.29. The normalized spacial score (nSPS) is 15.6. The Morgan fingerprint density at radius 2 is 1.95 bits per heavy atom. The molecule has 0 atom stereocenters. The van der Waals surface area contributed by atoms with Crippen LogP contribution in [-0.4, -0.2) is 28.9 Å². The number of likely N-dealkylation sites (tertiary alicyclic amines) is 1. The number of thiazole rings is 1. The Balaban J connectivity index is 1.50. The van der Waals surface area contributed by atoms with Gasteiger partial charge in [0.1, 0.15) is 5.01 Å². The predicted molar refractivity (Wildman–Crippen MR) is 88.9 cm³/mol. The van der Waals surface area contributed by atoms with Gasteiger partial charge in [0, 0.05) is 17.5 Å². The van der Waals surface area contributed by atoms with Crippen LogP contribution in [-0.2, 0) is 13.1 Å². The van der Waals surface area contributed by atoms with Crippen LogP contribution in [0.15, 0.2) is 35.7 Å². The molecule has 0 unspecified atom stereocenters. The standard InChI is InChI=1S/C17H21N3OS/c21-17(14-7-3-1-4-8-14)18-11-16-19-15(13-22-16)12-20-9-5-2-6-10-20/h1,3-4,7-8,13H,2,5-6,9-12H2,(H,18,21). The van der Waals surface area contributed by atoms with Gasteiger partial charge in [-0.15, -0.1) is 11.3 Å². The van der Waals surface area contributed by atoms with E-state index in [-0.39, 0.29) is 5.91 Å². The van der Waals surface area contributed by atoms with Gasteiger partial charge in [-0.2, -0.15) is 0 Å². The van der Waals surface area contributed by atoms with Crippen LogP contribution in [0.1, 0.15) is 40.3 Å². The molecule has 22 heavy (non-hydrogen) atoms. The summed E-state index contributed by atoms with van der Waals surface area (Å²) in [5.74, 6) is -0.0478. The van der Waals surface area contributed by atoms with E-state index >= 15 is 0 Å². The summed E-state index contributed by atoms with van der Waals surface area (Å²) in [6.45, 7) is 3.79. The van der Waals surface area contributed by atoms with Crippen molar-refractivity contribution in [3.63, 3.8) is 0 Å². The van der Waals surface area contributed by atoms with E-state index in [0.29, 0.717) is 12.1 Å². The zero-order valence-corrected chi connectivity index (χ0v) is 13.4. The van der Waals surface area contributed by atoms with Crippen molar-refractivity contribution in [3.8, 4) is 0 Å². The highest BCUT2D eigenvalue weighted by Crippen LogP contribution is 2.15. The third kappa shape index (κ3) is 4.15. The van der Waals surface area contributed by atoms with Gasteiger partial charge < -0.3 is 5.32 Å². The fraction of sp³-hybridized carbons (Fsp3) is 0.412. The predicted octanol–water partition coefficient (Wildman–Crippen LogP) is 3.06. The van der Waals surface area contributed by atoms with E-state index in [1.807, 2.05) is 30.3 Å². The minimum Gasteiger partial charge on any atom is -0.346 e. The van der Waals surface area contributed by atoms with Crippen LogP contribution in [0.2, 0.25) is 0 Å². The number of hydrogen-bond acceptors (Lipinski definition) is 4. The lowest BCUT2D eigenvalue weighted by atomic mass is 10.1. The number of benzene rings is 1. The minimum atomic E-state index is -0.0478. The molecule has 1 aliphatic heterocycles. The number of rotatable bonds is 5. The van der Waals surface area contributed by atoms with Crippen LogP contribution >= 0.6 is 11.3 Å². The summed E-state index contributed by atoms with van der Waals surface area (Å²) in [6, 6.07) is 9.28. The maximum Gasteiger partial charge on any atom is 0.251 e. The van der Waals surface area contributed by atoms with Crippen LogP contribution in [0.3, 0.4) is 0 Å². The first-order valence-corrected chi connectivity index (χ1v) is 8.68. The maximum absolute atomic E-state index is 12.0. The SMILES string of the molecule is O=C(NCc1nc(CN2CCCCC2)cs1)c1ccccc1. The highest BCUT2D eigenvalue weighted by atomic mass is 32.1. The quantitative estimate of drug-likeness (QED) is 0.922. The molecule has 0 bridgehead atoms. The first-order chi connectivity index (χ1) is 10.8. The first-order valence-electron chi connectivity index (χ1n) is 7.80. The number of nitrogens with zero attached hydrogens (tertiary/aromatic N) is 2. The molecule has 2 heterocycles. The Kier molecular flexibility index (Phi) is 5.19. The summed E-state index contributed by atoms with van der Waals surface area (Å²) >= 11 is 1.62. The van der Waals surface area contributed by atoms with E-state index in [9.17, 15) is 4.79 Å². The Morgan fingerprint density at radius 1 is 1.18 bits per heavy atom. The Morgan fingerprint density at radius 3 is 2.73 bits per heavy atom. The van der Waals surface area contributed by atoms with Crippen molar-refractivity contribution in [1.82, 2.24) is 15.2 Å². The average molecular weight is 315 g/mol. The Labute approximate surface area is 135 Å². The molecule has 2 aromatic rings. The molecule has 0 radical (unpaired) electrons. The number of nitrogens with one attached hydrogen (secondary N) is 1. The van der Waals surface area contributed by atoms with Crippen LogP contribution in [0.25, 0.3) is 0 Å². The van der Waals surface area contributed by atoms with E-state index < -0.39 is 0 Å². The third-order valence-corrected chi connectivity index (χ3v) is 4.77. The van der Waals surface area contributed by atoms with Gasteiger partial charge >= 0.3 is 0 Å². The van der Waals surface area contributed by atoms with E-state index in [2.05, 4.69) is 20.6 Å². The molecule has 5 heteroatoms. The summed E-state index contributed by atoms with van der Waals surface area (Å²) in [4.78, 5) is 19.1. The van der Waals surface area contributed by atoms with Crippen molar-refractivity contribution in [1.29, 1.82) is 0 Å². The van der Waals surface area contributed by atoms with Gasteiger partial charge in [-0.05, 0) is 38.1 Å². The summed E-state index contributed by atoms with van der Waals surface area (Å²) in [7, 11) is 0. The lowest BCUT2D eigenvalue weighted by molar-refractivity contribution is 0.0951. The van der Waals surface area contributed by atoms with Crippen LogP contribution in [0.5, 0.6) is 0 Å². The first kappa shape index (κ1) is 15.2. The average Bonchev–Trinajstić information content (AvgIpc) is 3.02. The summed E-state index contributed by atoms with van der Waals surface area (Å²) in [5, 5.41) is 6.01. The molecular formula is C17H21N3OS. The van der Waals surface area contributed by atoms with Gasteiger partial charge in [-0.25, -0.2) is 4.98 Å². The van der Waals surface area contributed by atoms with E-state index in [4.69, 9.17) is 0 Å². The minimum absolute atomic E-state index is 0.0478. The molecule has 1 amide bonds. The highest BCUT2D eigenvalue weighted by molar-refractivity contribution is 7.09. The lowest BCUT2D eigenvalue weighted by Gasteiger charge is -2.25. The zero-order chi connectivity index (χ0) is 15.2. The summed E-state index contributed by atoms with van der Waals surface area (Å²) in [5.41, 5.74) is 1.81. The van der Waals surface area contributed by atoms with Crippen molar-refractivity contribution in [2.75, 3.05) is 13.1 Å². The zero-order valence-electron chi connectivity index (χ0n) is 12.6. The molecule has 0 saturated carbocycles. The number of carbonyl (C=O) groups excluding carboxylic acids is 1. The Hall–Kier alpha value is -1.72. The monoisotopic (exact) mass is 315 g/mol. The summed E-state index contributed by atoms with van der Waals surface area (Å²) in [6.07, 6.45) is 3.94. The number of aromatic nitrogens is 1. The molecule has 1 saturated heterocycles. The fourth-order valence-electron chi connectivity index (χ4n) is 2.70. The largest absolute Gasteiger partial charge is 0.346 e. The van der Waals surface area contributed by atoms with Crippen LogP contribution in [0, 0.1) is 0 Å². The highest BCUT2D eigenvalue weighted by Gasteiger charge is 2.12.